The highest BCUT2D eigenvalue weighted by atomic mass is 16.5. The lowest BCUT2D eigenvalue weighted by molar-refractivity contribution is 0.0728. The molecule has 1 aliphatic rings. The van der Waals surface area contributed by atoms with Gasteiger partial charge in [0.1, 0.15) is 6.04 Å². The molecule has 1 fully saturated rings. The zero-order valence-corrected chi connectivity index (χ0v) is 15.2. The largest absolute Gasteiger partial charge is 0.493 e. The Morgan fingerprint density at radius 1 is 1.17 bits per heavy atom. The molecule has 1 saturated heterocycles. The Morgan fingerprint density at radius 2 is 1.79 bits per heavy atom. The predicted molar refractivity (Wildman–Crippen MR) is 92.7 cm³/mol. The molecule has 6 nitrogen and oxygen atoms in total. The van der Waals surface area contributed by atoms with E-state index in [1.54, 1.807) is 21.3 Å². The molecule has 2 atom stereocenters. The highest BCUT2D eigenvalue weighted by Gasteiger charge is 2.29. The monoisotopic (exact) mass is 333 g/mol. The molecule has 2 unspecified atom stereocenters. The Bertz CT molecular complexity index is 575. The molecule has 1 aromatic carbocycles. The van der Waals surface area contributed by atoms with Crippen LogP contribution in [0.5, 0.6) is 17.2 Å². The molecule has 1 heterocycles. The van der Waals surface area contributed by atoms with E-state index in [9.17, 15) is 5.26 Å². The Hall–Kier alpha value is -1.97. The van der Waals surface area contributed by atoms with Crippen LogP contribution in [0.2, 0.25) is 0 Å². The standard InChI is InChI=1S/C18H27N3O3/c1-6-20-7-8-21(12-13(20)2)15(11-19)14-9-16(22-3)18(24-5)17(10-14)23-4/h9-10,13,15H,6-8,12H2,1-5H3. The number of nitriles is 1. The van der Waals surface area contributed by atoms with E-state index in [0.29, 0.717) is 23.3 Å². The number of ether oxygens (including phenoxy) is 3. The number of benzene rings is 1. The van der Waals surface area contributed by atoms with Crippen molar-refractivity contribution in [2.75, 3.05) is 47.5 Å². The molecule has 0 radical (unpaired) electrons. The minimum atomic E-state index is -0.333. The summed E-state index contributed by atoms with van der Waals surface area (Å²) in [6, 6.07) is 6.27. The van der Waals surface area contributed by atoms with Crippen molar-refractivity contribution in [3.8, 4) is 23.3 Å². The van der Waals surface area contributed by atoms with Crippen LogP contribution in [0, 0.1) is 11.3 Å². The third-order valence-corrected chi connectivity index (χ3v) is 4.69. The van der Waals surface area contributed by atoms with E-state index in [4.69, 9.17) is 14.2 Å². The van der Waals surface area contributed by atoms with Crippen LogP contribution >= 0.6 is 0 Å². The zero-order valence-electron chi connectivity index (χ0n) is 15.2. The SMILES string of the molecule is CCN1CCN(C(C#N)c2cc(OC)c(OC)c(OC)c2)CC1C. The zero-order chi connectivity index (χ0) is 17.7. The van der Waals surface area contributed by atoms with Gasteiger partial charge in [0.2, 0.25) is 5.75 Å². The molecule has 1 aromatic rings. The van der Waals surface area contributed by atoms with Crippen molar-refractivity contribution in [2.24, 2.45) is 0 Å². The third-order valence-electron chi connectivity index (χ3n) is 4.69. The van der Waals surface area contributed by atoms with E-state index < -0.39 is 0 Å². The van der Waals surface area contributed by atoms with Gasteiger partial charge >= 0.3 is 0 Å². The van der Waals surface area contributed by atoms with Gasteiger partial charge in [-0.2, -0.15) is 5.26 Å². The Morgan fingerprint density at radius 3 is 2.21 bits per heavy atom. The first-order valence-corrected chi connectivity index (χ1v) is 8.27. The van der Waals surface area contributed by atoms with E-state index >= 15 is 0 Å². The quantitative estimate of drug-likeness (QED) is 0.796. The first kappa shape index (κ1) is 18.4. The van der Waals surface area contributed by atoms with Gasteiger partial charge in [0.05, 0.1) is 27.4 Å². The lowest BCUT2D eigenvalue weighted by atomic mass is 10.0. The number of hydrogen-bond donors (Lipinski definition) is 0. The number of likely N-dealkylation sites (N-methyl/N-ethyl adjacent to an activating group) is 1. The first-order valence-electron chi connectivity index (χ1n) is 8.27. The van der Waals surface area contributed by atoms with Crippen LogP contribution in [0.1, 0.15) is 25.5 Å². The molecule has 0 saturated carbocycles. The fraction of sp³-hybridized carbons (Fsp3) is 0.611. The van der Waals surface area contributed by atoms with Crippen LogP contribution in [-0.4, -0.2) is 63.4 Å². The summed E-state index contributed by atoms with van der Waals surface area (Å²) < 4.78 is 16.2. The summed E-state index contributed by atoms with van der Waals surface area (Å²) in [7, 11) is 4.75. The molecular weight excluding hydrogens is 306 g/mol. The minimum absolute atomic E-state index is 0.333. The second-order valence-corrected chi connectivity index (χ2v) is 5.96. The van der Waals surface area contributed by atoms with Gasteiger partial charge in [-0.3, -0.25) is 9.80 Å². The number of piperazine rings is 1. The summed E-state index contributed by atoms with van der Waals surface area (Å²) in [5.74, 6) is 1.70. The molecule has 0 bridgehead atoms. The Kier molecular flexibility index (Phi) is 6.29. The third kappa shape index (κ3) is 3.58. The van der Waals surface area contributed by atoms with Crippen LogP contribution in [0.25, 0.3) is 0 Å². The van der Waals surface area contributed by atoms with Crippen molar-refractivity contribution in [1.82, 2.24) is 9.80 Å². The molecule has 0 aromatic heterocycles. The normalized spacial score (nSPS) is 20.2. The summed E-state index contributed by atoms with van der Waals surface area (Å²) in [6.07, 6.45) is 0. The van der Waals surface area contributed by atoms with Crippen LogP contribution in [0.15, 0.2) is 12.1 Å². The number of hydrogen-bond acceptors (Lipinski definition) is 6. The van der Waals surface area contributed by atoms with Crippen molar-refractivity contribution in [3.05, 3.63) is 17.7 Å². The predicted octanol–water partition coefficient (Wildman–Crippen LogP) is 2.30. The molecule has 0 amide bonds. The van der Waals surface area contributed by atoms with Crippen molar-refractivity contribution in [3.63, 3.8) is 0 Å². The van der Waals surface area contributed by atoms with Crippen molar-refractivity contribution >= 4 is 0 Å². The Balaban J connectivity index is 2.33. The molecule has 0 spiro atoms. The summed E-state index contributed by atoms with van der Waals surface area (Å²) in [5.41, 5.74) is 0.865. The lowest BCUT2D eigenvalue weighted by Gasteiger charge is -2.41. The maximum absolute atomic E-state index is 9.78. The number of nitrogens with zero attached hydrogens (tertiary/aromatic N) is 3. The second kappa shape index (κ2) is 8.22. The van der Waals surface area contributed by atoms with E-state index in [2.05, 4.69) is 29.7 Å². The van der Waals surface area contributed by atoms with Crippen LogP contribution < -0.4 is 14.2 Å². The van der Waals surface area contributed by atoms with Crippen LogP contribution in [0.3, 0.4) is 0 Å². The number of methoxy groups -OCH3 is 3. The van der Waals surface area contributed by atoms with E-state index in [1.807, 2.05) is 12.1 Å². The minimum Gasteiger partial charge on any atom is -0.493 e. The molecule has 24 heavy (non-hydrogen) atoms. The molecule has 132 valence electrons. The summed E-state index contributed by atoms with van der Waals surface area (Å²) in [6.45, 7) is 8.12. The van der Waals surface area contributed by atoms with Gasteiger partial charge in [-0.15, -0.1) is 0 Å². The maximum atomic E-state index is 9.78. The second-order valence-electron chi connectivity index (χ2n) is 5.96. The molecule has 1 aliphatic heterocycles. The highest BCUT2D eigenvalue weighted by molar-refractivity contribution is 5.55. The van der Waals surface area contributed by atoms with Gasteiger partial charge in [0.25, 0.3) is 0 Å². The van der Waals surface area contributed by atoms with Crippen molar-refractivity contribution < 1.29 is 14.2 Å². The van der Waals surface area contributed by atoms with Crippen LogP contribution in [0.4, 0.5) is 0 Å². The molecular formula is C18H27N3O3. The fourth-order valence-electron chi connectivity index (χ4n) is 3.35. The lowest BCUT2D eigenvalue weighted by Crippen LogP contribution is -2.52. The average Bonchev–Trinajstić information content (AvgIpc) is 2.61. The van der Waals surface area contributed by atoms with Crippen molar-refractivity contribution in [1.29, 1.82) is 5.26 Å². The van der Waals surface area contributed by atoms with E-state index in [1.165, 1.54) is 0 Å². The van der Waals surface area contributed by atoms with Gasteiger partial charge in [-0.1, -0.05) is 6.92 Å². The molecule has 0 N–H and O–H groups in total. The summed E-state index contributed by atoms with van der Waals surface area (Å²) in [4.78, 5) is 4.65. The average molecular weight is 333 g/mol. The maximum Gasteiger partial charge on any atom is 0.203 e. The van der Waals surface area contributed by atoms with Crippen LogP contribution in [-0.2, 0) is 0 Å². The van der Waals surface area contributed by atoms with Gasteiger partial charge in [0, 0.05) is 25.7 Å². The topological polar surface area (TPSA) is 58.0 Å². The smallest absolute Gasteiger partial charge is 0.203 e. The van der Waals surface area contributed by atoms with Gasteiger partial charge in [-0.25, -0.2) is 0 Å². The highest BCUT2D eigenvalue weighted by Crippen LogP contribution is 2.40. The van der Waals surface area contributed by atoms with Crippen molar-refractivity contribution in [2.45, 2.75) is 25.9 Å². The summed E-state index contributed by atoms with van der Waals surface area (Å²) in [5, 5.41) is 9.78. The van der Waals surface area contributed by atoms with Gasteiger partial charge < -0.3 is 14.2 Å². The Labute approximate surface area is 144 Å². The van der Waals surface area contributed by atoms with E-state index in [-0.39, 0.29) is 6.04 Å². The van der Waals surface area contributed by atoms with Gasteiger partial charge in [0.15, 0.2) is 11.5 Å². The first-order chi connectivity index (χ1) is 11.6. The molecule has 6 heteroatoms. The van der Waals surface area contributed by atoms with Gasteiger partial charge in [-0.05, 0) is 31.2 Å². The molecule has 0 aliphatic carbocycles. The molecule has 2 rings (SSSR count). The number of rotatable bonds is 6. The fourth-order valence-corrected chi connectivity index (χ4v) is 3.35. The summed E-state index contributed by atoms with van der Waals surface area (Å²) >= 11 is 0. The van der Waals surface area contributed by atoms with E-state index in [0.717, 1.165) is 31.7 Å².